The van der Waals surface area contributed by atoms with Gasteiger partial charge in [0, 0.05) is 69.8 Å². The molecule has 5 aliphatic carbocycles. The predicted molar refractivity (Wildman–Crippen MR) is 426 cm³/mol. The third kappa shape index (κ3) is 9.54. The third-order valence-corrected chi connectivity index (χ3v) is 26.9. The van der Waals surface area contributed by atoms with Crippen molar-refractivity contribution >= 4 is 95.0 Å². The van der Waals surface area contributed by atoms with Gasteiger partial charge in [0.05, 0.1) is 11.4 Å². The zero-order chi connectivity index (χ0) is 70.9. The Kier molecular flexibility index (Phi) is 13.0. The molecule has 3 unspecified atom stereocenters. The van der Waals surface area contributed by atoms with Gasteiger partial charge in [0.15, 0.2) is 0 Å². The van der Waals surface area contributed by atoms with Gasteiger partial charge in [0.25, 0.3) is 6.71 Å². The van der Waals surface area contributed by atoms with Gasteiger partial charge in [-0.2, -0.15) is 0 Å². The summed E-state index contributed by atoms with van der Waals surface area (Å²) < 4.78 is 31.6. The van der Waals surface area contributed by atoms with E-state index in [0.29, 0.717) is 17.4 Å². The fraction of sp³-hybridized carbons (Fsp3) is 0.340. The second-order valence-corrected chi connectivity index (χ2v) is 36.7. The number of anilines is 9. The number of benzene rings is 10. The molecule has 1 aromatic heterocycles. The summed E-state index contributed by atoms with van der Waals surface area (Å²) >= 11 is 1.95. The van der Waals surface area contributed by atoms with Crippen LogP contribution in [0.5, 0.6) is 0 Å². The van der Waals surface area contributed by atoms with Crippen molar-refractivity contribution in [1.82, 2.24) is 0 Å². The summed E-state index contributed by atoms with van der Waals surface area (Å²) in [4.78, 5) is 7.53. The first-order valence-electron chi connectivity index (χ1n) is 38.5. The Hall–Kier alpha value is -8.38. The lowest BCUT2D eigenvalue weighted by Crippen LogP contribution is -2.60. The number of fused-ring (bicyclic) bond motifs is 16. The molecule has 0 radical (unpaired) electrons. The monoisotopic (exact) mass is 1310 g/mol. The largest absolute Gasteiger partial charge is 0.311 e. The van der Waals surface area contributed by atoms with Gasteiger partial charge < -0.3 is 14.7 Å². The van der Waals surface area contributed by atoms with Crippen molar-refractivity contribution in [3.8, 4) is 33.4 Å². The summed E-state index contributed by atoms with van der Waals surface area (Å²) in [6.07, 6.45) is 9.48. The van der Waals surface area contributed by atoms with Crippen LogP contribution >= 0.6 is 11.3 Å². The summed E-state index contributed by atoms with van der Waals surface area (Å²) in [5.74, 6) is 1.25. The average molecular weight is 1310 g/mol. The fourth-order valence-corrected chi connectivity index (χ4v) is 21.2. The Balaban J connectivity index is 0.923. The van der Waals surface area contributed by atoms with Gasteiger partial charge in [0.2, 0.25) is 0 Å². The number of rotatable bonds is 7. The van der Waals surface area contributed by atoms with Gasteiger partial charge in [-0.05, 0) is 270 Å². The van der Waals surface area contributed by atoms with Crippen LogP contribution in [0.4, 0.5) is 51.2 Å². The first kappa shape index (κ1) is 59.5. The van der Waals surface area contributed by atoms with E-state index >= 15 is 0 Å². The Labute approximate surface area is 598 Å². The standard InChI is InChI=1S/C94H96BN3S/c1-57-47-82-85-83(48-57)98(66-33-26-59(27-34-66)61-28-40-74-76(50-61)91(10,11)44-43-90(74,8)9)86-72-54-77-78(93(14,15)46-45-92(77,12)13)55-84(72)99-87(86)95(85)79-41-38-68(53-81(79)97(82)67-37-39-70-69-23-19-20-24-73(69)94(75(70)52-67)56-58-25-29-64(94)49-58)96(65-35-30-62(31-36-65)88(2,3)4)80-42-32-63(89(5,6)7)51-71(80)60-21-17-16-18-22-60/h16-24,26-28,30-42,47-48,50-55,58,64H,25,29,43-46,49,56H2,1-15H3/i1D3. The van der Waals surface area contributed by atoms with Crippen LogP contribution in [-0.2, 0) is 37.9 Å². The average Bonchev–Trinajstić information content (AvgIpc) is 1.39. The first-order chi connectivity index (χ1) is 48.4. The molecule has 7 aliphatic rings. The Morgan fingerprint density at radius 2 is 1.09 bits per heavy atom. The molecule has 10 aromatic carbocycles. The van der Waals surface area contributed by atoms with Crippen LogP contribution in [-0.4, -0.2) is 6.71 Å². The van der Waals surface area contributed by atoms with E-state index in [9.17, 15) is 4.11 Å². The third-order valence-electron chi connectivity index (χ3n) is 25.7. The Bertz CT molecular complexity index is 5290. The number of hydrogen-bond acceptors (Lipinski definition) is 4. The molecule has 3 nitrogen and oxygen atoms in total. The highest BCUT2D eigenvalue weighted by Gasteiger charge is 2.57. The summed E-state index contributed by atoms with van der Waals surface area (Å²) in [5.41, 5.74) is 30.4. The van der Waals surface area contributed by atoms with Crippen LogP contribution in [0.2, 0.25) is 0 Å². The molecule has 11 aromatic rings. The summed E-state index contributed by atoms with van der Waals surface area (Å²) in [6, 6.07) is 77.2. The van der Waals surface area contributed by atoms with Crippen molar-refractivity contribution in [3.63, 3.8) is 0 Å². The topological polar surface area (TPSA) is 9.72 Å². The molecule has 2 saturated carbocycles. The maximum absolute atomic E-state index is 9.69. The quantitative estimate of drug-likeness (QED) is 0.147. The second kappa shape index (κ2) is 21.6. The molecule has 0 N–H and O–H groups in total. The van der Waals surface area contributed by atoms with Crippen molar-refractivity contribution in [3.05, 3.63) is 250 Å². The van der Waals surface area contributed by atoms with Crippen molar-refractivity contribution in [2.24, 2.45) is 11.8 Å². The normalized spacial score (nSPS) is 21.2. The lowest BCUT2D eigenvalue weighted by atomic mass is 9.36. The van der Waals surface area contributed by atoms with Crippen LogP contribution in [0.1, 0.15) is 202 Å². The minimum Gasteiger partial charge on any atom is -0.311 e. The smallest absolute Gasteiger partial charge is 0.264 e. The van der Waals surface area contributed by atoms with Gasteiger partial charge in [-0.25, -0.2) is 0 Å². The van der Waals surface area contributed by atoms with E-state index in [4.69, 9.17) is 0 Å². The molecule has 2 bridgehead atoms. The van der Waals surface area contributed by atoms with Crippen molar-refractivity contribution in [2.45, 2.75) is 193 Å². The van der Waals surface area contributed by atoms with Crippen LogP contribution in [0.3, 0.4) is 0 Å². The van der Waals surface area contributed by atoms with Crippen LogP contribution in [0.25, 0.3) is 43.5 Å². The van der Waals surface area contributed by atoms with E-state index in [1.54, 1.807) is 0 Å². The van der Waals surface area contributed by atoms with Crippen LogP contribution in [0.15, 0.2) is 200 Å². The van der Waals surface area contributed by atoms with Crippen molar-refractivity contribution in [1.29, 1.82) is 0 Å². The molecule has 5 heteroatoms. The second-order valence-electron chi connectivity index (χ2n) is 35.6. The molecule has 0 amide bonds. The van der Waals surface area contributed by atoms with Gasteiger partial charge in [0.1, 0.15) is 0 Å². The zero-order valence-electron chi connectivity index (χ0n) is 63.7. The summed E-state index contributed by atoms with van der Waals surface area (Å²) in [5, 5.41) is 1.22. The van der Waals surface area contributed by atoms with Gasteiger partial charge in [-0.15, -0.1) is 11.3 Å². The highest BCUT2D eigenvalue weighted by atomic mass is 32.1. The molecule has 1 spiro atoms. The van der Waals surface area contributed by atoms with Crippen LogP contribution in [0, 0.1) is 18.7 Å². The maximum atomic E-state index is 9.69. The van der Waals surface area contributed by atoms with Crippen molar-refractivity contribution < 1.29 is 4.11 Å². The molecule has 2 fully saturated rings. The molecular formula is C94H96BN3S. The number of thiophene rings is 1. The highest BCUT2D eigenvalue weighted by molar-refractivity contribution is 7.33. The zero-order valence-corrected chi connectivity index (χ0v) is 61.5. The SMILES string of the molecule is [2H]C([2H])([2H])c1cc2c3c(c1)N(c1ccc(-c4ccc5c(c4)C(C)(C)CCC5(C)C)cc1)c1c(sc4cc5c(cc14)C(C)(C)CCC5(C)C)B3c1ccc(N(c3ccc(C(C)(C)C)cc3)c3ccc(C(C)(C)C)cc3-c3ccccc3)cc1N2c1ccc2c(c1)C1(CC3CCC1C3)c1ccccc1-2. The van der Waals surface area contributed by atoms with E-state index in [2.05, 4.69) is 312 Å². The molecule has 496 valence electrons. The maximum Gasteiger partial charge on any atom is 0.264 e. The van der Waals surface area contributed by atoms with E-state index in [1.807, 2.05) is 11.3 Å². The lowest BCUT2D eigenvalue weighted by molar-refractivity contribution is 0.327. The van der Waals surface area contributed by atoms with Crippen molar-refractivity contribution in [2.75, 3.05) is 14.7 Å². The van der Waals surface area contributed by atoms with Crippen LogP contribution < -0.4 is 30.4 Å². The molecule has 2 aliphatic heterocycles. The molecule has 18 rings (SSSR count). The Morgan fingerprint density at radius 3 is 1.77 bits per heavy atom. The minimum atomic E-state index is -2.46. The fourth-order valence-electron chi connectivity index (χ4n) is 19.9. The van der Waals surface area contributed by atoms with E-state index in [-0.39, 0.29) is 44.6 Å². The van der Waals surface area contributed by atoms with Gasteiger partial charge >= 0.3 is 0 Å². The number of aryl methyl sites for hydroxylation is 1. The van der Waals surface area contributed by atoms with Gasteiger partial charge in [-0.3, -0.25) is 0 Å². The lowest BCUT2D eigenvalue weighted by Gasteiger charge is -2.44. The van der Waals surface area contributed by atoms with E-state index in [0.717, 1.165) is 93.5 Å². The first-order valence-corrected chi connectivity index (χ1v) is 37.8. The molecule has 0 saturated heterocycles. The number of nitrogens with zero attached hydrogens (tertiary/aromatic N) is 3. The highest BCUT2D eigenvalue weighted by Crippen LogP contribution is 2.67. The molecule has 99 heavy (non-hydrogen) atoms. The minimum absolute atomic E-state index is 0.0139. The number of hydrogen-bond donors (Lipinski definition) is 0. The Morgan fingerprint density at radius 1 is 0.475 bits per heavy atom. The summed E-state index contributed by atoms with van der Waals surface area (Å²) in [6.45, 7) is 30.5. The molecular weight excluding hydrogens is 1210 g/mol. The molecule has 3 atom stereocenters. The predicted octanol–water partition coefficient (Wildman–Crippen LogP) is 24.5. The van der Waals surface area contributed by atoms with E-state index in [1.165, 1.54) is 113 Å². The molecule has 3 heterocycles. The van der Waals surface area contributed by atoms with E-state index < -0.39 is 6.85 Å². The summed E-state index contributed by atoms with van der Waals surface area (Å²) in [7, 11) is 0. The van der Waals surface area contributed by atoms with Gasteiger partial charge in [-0.1, -0.05) is 219 Å².